The van der Waals surface area contributed by atoms with Gasteiger partial charge in [0, 0.05) is 19.3 Å². The average molecular weight is 267 g/mol. The van der Waals surface area contributed by atoms with Crippen LogP contribution in [0.4, 0.5) is 0 Å². The molecule has 76 valence electrons. The van der Waals surface area contributed by atoms with E-state index < -0.39 is 0 Å². The topological polar surface area (TPSA) is 0 Å². The van der Waals surface area contributed by atoms with Gasteiger partial charge in [0.15, 0.2) is 0 Å². The van der Waals surface area contributed by atoms with E-state index in [0.29, 0.717) is 0 Å². The summed E-state index contributed by atoms with van der Waals surface area (Å²) in [7, 11) is 0. The van der Waals surface area contributed by atoms with Crippen molar-refractivity contribution in [2.24, 2.45) is 0 Å². The summed E-state index contributed by atoms with van der Waals surface area (Å²) in [5.74, 6) is 0. The van der Waals surface area contributed by atoms with Crippen LogP contribution in [0.15, 0.2) is 12.2 Å². The molecule has 0 aromatic rings. The van der Waals surface area contributed by atoms with Crippen LogP contribution in [-0.4, -0.2) is 35.5 Å². The molecule has 2 rings (SSSR count). The molecule has 2 aliphatic heterocycles. The molecule has 2 atom stereocenters. The molecule has 3 heteroatoms. The fourth-order valence-electron chi connectivity index (χ4n) is 2.97. The van der Waals surface area contributed by atoms with Crippen molar-refractivity contribution in [2.45, 2.75) is 25.3 Å². The molecule has 2 aliphatic rings. The predicted molar refractivity (Wildman–Crippen MR) is 55.4 cm³/mol. The number of alkyl halides is 1. The zero-order valence-corrected chi connectivity index (χ0v) is 10.3. The lowest BCUT2D eigenvalue weighted by molar-refractivity contribution is -0.922. The maximum Gasteiger partial charge on any atom is 0.111 e. The van der Waals surface area contributed by atoms with E-state index in [4.69, 9.17) is 0 Å². The Morgan fingerprint density at radius 2 is 2.23 bits per heavy atom. The van der Waals surface area contributed by atoms with Gasteiger partial charge in [0.05, 0.1) is 25.0 Å². The molecule has 0 saturated carbocycles. The molecule has 0 aliphatic carbocycles. The average Bonchev–Trinajstić information content (AvgIpc) is 2.55. The van der Waals surface area contributed by atoms with E-state index >= 15 is 0 Å². The maximum absolute atomic E-state index is 4.19. The third-order valence-corrected chi connectivity index (χ3v) is 3.98. The first-order chi connectivity index (χ1) is 5.78. The lowest BCUT2D eigenvalue weighted by atomic mass is 10.1. The molecular weight excluding hydrogens is 249 g/mol. The number of rotatable bonds is 2. The van der Waals surface area contributed by atoms with E-state index in [9.17, 15) is 0 Å². The van der Waals surface area contributed by atoms with Crippen molar-refractivity contribution in [3.8, 4) is 0 Å². The molecule has 0 radical (unpaired) electrons. The number of halogens is 2. The Balaban J connectivity index is 0.000000845. The van der Waals surface area contributed by atoms with Gasteiger partial charge in [-0.3, -0.25) is 0 Å². The van der Waals surface area contributed by atoms with Crippen LogP contribution < -0.4 is 12.4 Å². The largest absolute Gasteiger partial charge is 1.00 e. The van der Waals surface area contributed by atoms with Crippen LogP contribution in [0.3, 0.4) is 0 Å². The minimum Gasteiger partial charge on any atom is -1.00 e. The van der Waals surface area contributed by atoms with E-state index in [-0.39, 0.29) is 12.4 Å². The molecular formula is C10H17BrClN. The summed E-state index contributed by atoms with van der Waals surface area (Å²) in [4.78, 5) is 0. The van der Waals surface area contributed by atoms with Crippen LogP contribution in [0.5, 0.6) is 0 Å². The molecule has 0 aromatic heterocycles. The van der Waals surface area contributed by atoms with Crippen molar-refractivity contribution in [3.05, 3.63) is 12.2 Å². The fourth-order valence-corrected chi connectivity index (χ4v) is 3.68. The molecule has 2 heterocycles. The summed E-state index contributed by atoms with van der Waals surface area (Å²) in [6.45, 7) is 8.26. The predicted octanol–water partition coefficient (Wildman–Crippen LogP) is -0.676. The van der Waals surface area contributed by atoms with Crippen molar-refractivity contribution in [1.29, 1.82) is 0 Å². The Hall–Kier alpha value is 0.470. The van der Waals surface area contributed by atoms with Crippen molar-refractivity contribution in [1.82, 2.24) is 0 Å². The molecule has 0 bridgehead atoms. The van der Waals surface area contributed by atoms with Crippen LogP contribution >= 0.6 is 15.9 Å². The minimum atomic E-state index is 0. The van der Waals surface area contributed by atoms with Gasteiger partial charge in [0.25, 0.3) is 0 Å². The summed E-state index contributed by atoms with van der Waals surface area (Å²) >= 11 is 3.57. The van der Waals surface area contributed by atoms with Crippen LogP contribution in [-0.2, 0) is 0 Å². The summed E-state index contributed by atoms with van der Waals surface area (Å²) in [6, 6.07) is 0.822. The monoisotopic (exact) mass is 265 g/mol. The Bertz CT molecular complexity index is 207. The van der Waals surface area contributed by atoms with Gasteiger partial charge in [-0.1, -0.05) is 22.5 Å². The van der Waals surface area contributed by atoms with Gasteiger partial charge in [-0.25, -0.2) is 0 Å². The fraction of sp³-hybridized carbons (Fsp3) is 0.800. The van der Waals surface area contributed by atoms with Gasteiger partial charge in [0.2, 0.25) is 0 Å². The number of quaternary nitrogens is 1. The van der Waals surface area contributed by atoms with Gasteiger partial charge in [-0.05, 0) is 5.57 Å². The van der Waals surface area contributed by atoms with Crippen LogP contribution in [0.2, 0.25) is 0 Å². The first-order valence-corrected chi connectivity index (χ1v) is 6.00. The van der Waals surface area contributed by atoms with Crippen LogP contribution in [0, 0.1) is 0 Å². The van der Waals surface area contributed by atoms with Gasteiger partial charge < -0.3 is 16.9 Å². The maximum atomic E-state index is 4.19. The lowest BCUT2D eigenvalue weighted by Gasteiger charge is -2.34. The quantitative estimate of drug-likeness (QED) is 0.353. The molecule has 0 N–H and O–H groups in total. The first-order valence-electron chi connectivity index (χ1n) is 4.88. The number of hydrogen-bond donors (Lipinski definition) is 0. The van der Waals surface area contributed by atoms with Crippen LogP contribution in [0.1, 0.15) is 19.3 Å². The van der Waals surface area contributed by atoms with Gasteiger partial charge in [-0.15, -0.1) is 0 Å². The van der Waals surface area contributed by atoms with Crippen molar-refractivity contribution in [2.75, 3.05) is 25.0 Å². The van der Waals surface area contributed by atoms with Crippen molar-refractivity contribution in [3.63, 3.8) is 0 Å². The zero-order valence-electron chi connectivity index (χ0n) is 7.94. The summed E-state index contributed by atoms with van der Waals surface area (Å²) < 4.78 is 1.35. The van der Waals surface area contributed by atoms with E-state index in [1.807, 2.05) is 0 Å². The highest BCUT2D eigenvalue weighted by Crippen LogP contribution is 2.38. The first kappa shape index (κ1) is 11.5. The highest BCUT2D eigenvalue weighted by atomic mass is 79.9. The number of hydrogen-bond acceptors (Lipinski definition) is 0. The molecule has 2 unspecified atom stereocenters. The van der Waals surface area contributed by atoms with Crippen molar-refractivity contribution >= 4 is 15.9 Å². The zero-order chi connectivity index (χ0) is 8.60. The highest BCUT2D eigenvalue weighted by molar-refractivity contribution is 9.09. The normalized spacial score (nSPS) is 37.3. The SMILES string of the molecule is C=C1CC[N+]2(CCBr)CCCC12.[Cl-]. The second-order valence-electron chi connectivity index (χ2n) is 4.14. The van der Waals surface area contributed by atoms with E-state index in [1.165, 1.54) is 49.0 Å². The van der Waals surface area contributed by atoms with Crippen molar-refractivity contribution < 1.29 is 16.9 Å². The smallest absolute Gasteiger partial charge is 0.111 e. The Morgan fingerprint density at radius 3 is 2.92 bits per heavy atom. The molecule has 2 saturated heterocycles. The van der Waals surface area contributed by atoms with E-state index in [1.54, 1.807) is 0 Å². The Labute approximate surface area is 95.3 Å². The third kappa shape index (κ3) is 1.81. The second kappa shape index (κ2) is 4.33. The van der Waals surface area contributed by atoms with Gasteiger partial charge >= 0.3 is 0 Å². The molecule has 0 amide bonds. The Morgan fingerprint density at radius 1 is 1.46 bits per heavy atom. The molecule has 0 aromatic carbocycles. The van der Waals surface area contributed by atoms with Gasteiger partial charge in [-0.2, -0.15) is 0 Å². The summed E-state index contributed by atoms with van der Waals surface area (Å²) in [5.41, 5.74) is 1.52. The standard InChI is InChI=1S/C10H17BrN.ClH/c1-9-4-7-12(8-5-11)6-2-3-10(9)12;/h10H,1-8H2;1H/q+1;/p-1. The summed E-state index contributed by atoms with van der Waals surface area (Å²) in [5, 5.41) is 1.15. The third-order valence-electron chi connectivity index (χ3n) is 3.62. The van der Waals surface area contributed by atoms with E-state index in [2.05, 4.69) is 22.5 Å². The minimum absolute atomic E-state index is 0. The lowest BCUT2D eigenvalue weighted by Crippen LogP contribution is -3.00. The second-order valence-corrected chi connectivity index (χ2v) is 4.94. The van der Waals surface area contributed by atoms with E-state index in [0.717, 1.165) is 11.4 Å². The summed E-state index contributed by atoms with van der Waals surface area (Å²) in [6.07, 6.45) is 4.08. The molecule has 0 spiro atoms. The van der Waals surface area contributed by atoms with Crippen LogP contribution in [0.25, 0.3) is 0 Å². The van der Waals surface area contributed by atoms with Gasteiger partial charge in [0.1, 0.15) is 6.04 Å². The highest BCUT2D eigenvalue weighted by Gasteiger charge is 2.46. The Kier molecular flexibility index (Phi) is 3.84. The molecule has 13 heavy (non-hydrogen) atoms. The number of nitrogens with zero attached hydrogens (tertiary/aromatic N) is 1. The molecule has 2 fully saturated rings. The number of fused-ring (bicyclic) bond motifs is 1. The molecule has 1 nitrogen and oxygen atoms in total.